The number of fused-ring (bicyclic) bond motifs is 4. The molecule has 1 aromatic rings. The summed E-state index contributed by atoms with van der Waals surface area (Å²) in [6.07, 6.45) is 2.32. The second kappa shape index (κ2) is 3.49. The minimum Gasteiger partial charge on any atom is -0.508 e. The zero-order valence-electron chi connectivity index (χ0n) is 10.9. The summed E-state index contributed by atoms with van der Waals surface area (Å²) in [4.78, 5) is 2.50. The lowest BCUT2D eigenvalue weighted by Crippen LogP contribution is -2.56. The van der Waals surface area contributed by atoms with Crippen molar-refractivity contribution in [2.75, 3.05) is 13.6 Å². The number of hydrogen-bond acceptors (Lipinski definition) is 2. The second-order valence-corrected chi connectivity index (χ2v) is 6.05. The number of benzene rings is 1. The van der Waals surface area contributed by atoms with Gasteiger partial charge in [-0.25, -0.2) is 0 Å². The predicted octanol–water partition coefficient (Wildman–Crippen LogP) is 2.55. The van der Waals surface area contributed by atoms with Crippen molar-refractivity contribution < 1.29 is 5.11 Å². The topological polar surface area (TPSA) is 23.5 Å². The van der Waals surface area contributed by atoms with Crippen LogP contribution in [0.1, 0.15) is 31.4 Å². The van der Waals surface area contributed by atoms with Gasteiger partial charge in [0.15, 0.2) is 0 Å². The van der Waals surface area contributed by atoms with Crippen LogP contribution in [-0.4, -0.2) is 29.6 Å². The van der Waals surface area contributed by atoms with Gasteiger partial charge in [0, 0.05) is 6.04 Å². The average molecular weight is 231 g/mol. The van der Waals surface area contributed by atoms with Crippen molar-refractivity contribution in [3.63, 3.8) is 0 Å². The normalized spacial score (nSPS) is 36.6. The number of piperidine rings is 1. The quantitative estimate of drug-likeness (QED) is 0.741. The first-order valence-corrected chi connectivity index (χ1v) is 6.55. The Labute approximate surface area is 103 Å². The molecule has 0 unspecified atom stereocenters. The van der Waals surface area contributed by atoms with Gasteiger partial charge >= 0.3 is 0 Å². The van der Waals surface area contributed by atoms with Gasteiger partial charge in [0.05, 0.1) is 0 Å². The first-order chi connectivity index (χ1) is 8.02. The molecule has 1 aromatic carbocycles. The highest BCUT2D eigenvalue weighted by Crippen LogP contribution is 2.48. The van der Waals surface area contributed by atoms with Crippen LogP contribution in [-0.2, 0) is 11.8 Å². The zero-order valence-corrected chi connectivity index (χ0v) is 10.9. The summed E-state index contributed by atoms with van der Waals surface area (Å²) < 4.78 is 0. The molecule has 3 rings (SSSR count). The summed E-state index contributed by atoms with van der Waals surface area (Å²) in [6, 6.07) is 6.59. The predicted molar refractivity (Wildman–Crippen MR) is 69.4 cm³/mol. The van der Waals surface area contributed by atoms with Gasteiger partial charge in [-0.15, -0.1) is 0 Å². The Bertz CT molecular complexity index is 456. The van der Waals surface area contributed by atoms with E-state index in [-0.39, 0.29) is 5.41 Å². The fraction of sp³-hybridized carbons (Fsp3) is 0.600. The number of phenolic OH excluding ortho intramolecular Hbond substituents is 1. The lowest BCUT2D eigenvalue weighted by Gasteiger charge is -2.53. The van der Waals surface area contributed by atoms with Gasteiger partial charge in [-0.3, -0.25) is 0 Å². The van der Waals surface area contributed by atoms with Crippen LogP contribution in [0, 0.1) is 5.92 Å². The van der Waals surface area contributed by atoms with E-state index in [4.69, 9.17) is 0 Å². The van der Waals surface area contributed by atoms with Gasteiger partial charge in [0.1, 0.15) is 5.75 Å². The van der Waals surface area contributed by atoms with Gasteiger partial charge < -0.3 is 10.0 Å². The van der Waals surface area contributed by atoms with Crippen molar-refractivity contribution in [3.05, 3.63) is 29.3 Å². The van der Waals surface area contributed by atoms with E-state index in [2.05, 4.69) is 31.9 Å². The molecule has 3 atom stereocenters. The molecule has 1 aliphatic heterocycles. The Balaban J connectivity index is 2.16. The molecular weight excluding hydrogens is 210 g/mol. The number of likely N-dealkylation sites (N-methyl/N-ethyl adjacent to an activating group) is 1. The van der Waals surface area contributed by atoms with Crippen LogP contribution in [0.5, 0.6) is 5.75 Å². The van der Waals surface area contributed by atoms with Crippen molar-refractivity contribution in [2.24, 2.45) is 5.92 Å². The molecule has 1 N–H and O–H groups in total. The maximum absolute atomic E-state index is 9.73. The van der Waals surface area contributed by atoms with Crippen molar-refractivity contribution >= 4 is 0 Å². The maximum atomic E-state index is 9.73. The van der Waals surface area contributed by atoms with Gasteiger partial charge in [0.2, 0.25) is 0 Å². The Morgan fingerprint density at radius 3 is 2.94 bits per heavy atom. The molecule has 1 saturated heterocycles. The Hall–Kier alpha value is -1.02. The number of aromatic hydroxyl groups is 1. The van der Waals surface area contributed by atoms with E-state index in [9.17, 15) is 5.11 Å². The Kier molecular flexibility index (Phi) is 2.27. The third-order valence-corrected chi connectivity index (χ3v) is 5.27. The van der Waals surface area contributed by atoms with E-state index in [1.54, 1.807) is 0 Å². The fourth-order valence-electron chi connectivity index (χ4n) is 3.82. The highest BCUT2D eigenvalue weighted by atomic mass is 16.3. The van der Waals surface area contributed by atoms with E-state index in [0.29, 0.717) is 17.7 Å². The molecule has 92 valence electrons. The first-order valence-electron chi connectivity index (χ1n) is 6.55. The van der Waals surface area contributed by atoms with Crippen molar-refractivity contribution in [3.8, 4) is 5.75 Å². The zero-order chi connectivity index (χ0) is 12.2. The molecule has 1 heterocycles. The van der Waals surface area contributed by atoms with Gasteiger partial charge in [-0.05, 0) is 61.0 Å². The van der Waals surface area contributed by atoms with Crippen LogP contribution < -0.4 is 0 Å². The Morgan fingerprint density at radius 2 is 2.18 bits per heavy atom. The second-order valence-electron chi connectivity index (χ2n) is 6.05. The molecule has 2 nitrogen and oxygen atoms in total. The van der Waals surface area contributed by atoms with Crippen LogP contribution in [0.25, 0.3) is 0 Å². The first kappa shape index (κ1) is 11.1. The summed E-state index contributed by atoms with van der Waals surface area (Å²) in [5.41, 5.74) is 3.05. The van der Waals surface area contributed by atoms with Crippen molar-refractivity contribution in [1.29, 1.82) is 0 Å². The Morgan fingerprint density at radius 1 is 1.41 bits per heavy atom. The average Bonchev–Trinajstić information content (AvgIpc) is 2.30. The van der Waals surface area contributed by atoms with E-state index in [1.807, 2.05) is 12.1 Å². The van der Waals surface area contributed by atoms with E-state index in [1.165, 1.54) is 24.1 Å². The van der Waals surface area contributed by atoms with Crippen LogP contribution in [0.3, 0.4) is 0 Å². The lowest BCUT2D eigenvalue weighted by atomic mass is 9.59. The largest absolute Gasteiger partial charge is 0.508 e. The summed E-state index contributed by atoms with van der Waals surface area (Å²) >= 11 is 0. The molecule has 0 spiro atoms. The van der Waals surface area contributed by atoms with E-state index >= 15 is 0 Å². The fourth-order valence-corrected chi connectivity index (χ4v) is 3.82. The SMILES string of the molecule is C[C@@H]1[C@H]2Cc3ccc(O)cc3[C@]1(C)CCN2C. The molecule has 2 aliphatic rings. The lowest BCUT2D eigenvalue weighted by molar-refractivity contribution is 0.0506. The molecule has 1 fully saturated rings. The smallest absolute Gasteiger partial charge is 0.115 e. The standard InChI is InChI=1S/C15H21NO/c1-10-14-8-11-4-5-12(17)9-13(11)15(10,2)6-7-16(14)3/h4-5,9-10,14,17H,6-8H2,1-3H3/t10-,14-,15-/m1/s1. The summed E-state index contributed by atoms with van der Waals surface area (Å²) in [6.45, 7) is 5.91. The third kappa shape index (κ3) is 1.43. The number of phenols is 1. The number of likely N-dealkylation sites (tertiary alicyclic amines) is 1. The molecule has 0 aromatic heterocycles. The molecule has 1 aliphatic carbocycles. The number of nitrogens with zero attached hydrogens (tertiary/aromatic N) is 1. The van der Waals surface area contributed by atoms with Crippen LogP contribution >= 0.6 is 0 Å². The monoisotopic (exact) mass is 231 g/mol. The van der Waals surface area contributed by atoms with Gasteiger partial charge in [-0.2, -0.15) is 0 Å². The van der Waals surface area contributed by atoms with Gasteiger partial charge in [0.25, 0.3) is 0 Å². The highest BCUT2D eigenvalue weighted by Gasteiger charge is 2.47. The molecular formula is C15H21NO. The number of rotatable bonds is 0. The third-order valence-electron chi connectivity index (χ3n) is 5.27. The van der Waals surface area contributed by atoms with Crippen LogP contribution in [0.15, 0.2) is 18.2 Å². The molecule has 2 bridgehead atoms. The van der Waals surface area contributed by atoms with E-state index in [0.717, 1.165) is 6.42 Å². The van der Waals surface area contributed by atoms with Crippen LogP contribution in [0.2, 0.25) is 0 Å². The van der Waals surface area contributed by atoms with E-state index < -0.39 is 0 Å². The molecule has 17 heavy (non-hydrogen) atoms. The highest BCUT2D eigenvalue weighted by molar-refractivity contribution is 5.44. The minimum atomic E-state index is 0.240. The van der Waals surface area contributed by atoms with Crippen molar-refractivity contribution in [2.45, 2.75) is 38.1 Å². The molecule has 0 saturated carbocycles. The minimum absolute atomic E-state index is 0.240. The molecule has 0 radical (unpaired) electrons. The van der Waals surface area contributed by atoms with Gasteiger partial charge in [-0.1, -0.05) is 19.9 Å². The van der Waals surface area contributed by atoms with Crippen molar-refractivity contribution in [1.82, 2.24) is 4.90 Å². The molecule has 0 amide bonds. The number of hydrogen-bond donors (Lipinski definition) is 1. The summed E-state index contributed by atoms with van der Waals surface area (Å²) in [7, 11) is 2.24. The summed E-state index contributed by atoms with van der Waals surface area (Å²) in [5.74, 6) is 1.07. The van der Waals surface area contributed by atoms with Crippen LogP contribution in [0.4, 0.5) is 0 Å². The maximum Gasteiger partial charge on any atom is 0.115 e. The summed E-state index contributed by atoms with van der Waals surface area (Å²) in [5, 5.41) is 9.73. The molecule has 2 heteroatoms.